The van der Waals surface area contributed by atoms with Crippen LogP contribution >= 0.6 is 15.9 Å². The van der Waals surface area contributed by atoms with Gasteiger partial charge in [0.2, 0.25) is 0 Å². The monoisotopic (exact) mass is 492 g/mol. The van der Waals surface area contributed by atoms with Gasteiger partial charge >= 0.3 is 0 Å². The van der Waals surface area contributed by atoms with Crippen molar-refractivity contribution in [2.45, 2.75) is 64.7 Å². The van der Waals surface area contributed by atoms with E-state index in [1.54, 1.807) is 0 Å². The first-order chi connectivity index (χ1) is 14.6. The van der Waals surface area contributed by atoms with Crippen LogP contribution in [0.1, 0.15) is 50.8 Å². The predicted molar refractivity (Wildman–Crippen MR) is 124 cm³/mol. The lowest BCUT2D eigenvalue weighted by molar-refractivity contribution is -0.0653. The second-order valence-corrected chi connectivity index (χ2v) is 10.7. The molecular weight excluding hydrogens is 462 g/mol. The molecule has 31 heavy (non-hydrogen) atoms. The Hall–Kier alpha value is -1.50. The molecule has 1 fully saturated rings. The van der Waals surface area contributed by atoms with Crippen LogP contribution in [0, 0.1) is 17.0 Å². The van der Waals surface area contributed by atoms with Crippen LogP contribution in [0.3, 0.4) is 0 Å². The zero-order valence-corrected chi connectivity index (χ0v) is 20.2. The van der Waals surface area contributed by atoms with Gasteiger partial charge in [-0.25, -0.2) is 8.78 Å². The van der Waals surface area contributed by atoms with Crippen molar-refractivity contribution in [1.82, 2.24) is 4.90 Å². The lowest BCUT2D eigenvalue weighted by atomic mass is 9.51. The third kappa shape index (κ3) is 3.70. The third-order valence-corrected chi connectivity index (χ3v) is 8.57. The number of ether oxygens (including phenoxy) is 1. The molecule has 4 rings (SSSR count). The van der Waals surface area contributed by atoms with Crippen molar-refractivity contribution in [1.29, 1.82) is 0 Å². The fourth-order valence-corrected chi connectivity index (χ4v) is 6.45. The summed E-state index contributed by atoms with van der Waals surface area (Å²) in [6.07, 6.45) is 1.75. The van der Waals surface area contributed by atoms with Gasteiger partial charge in [-0.1, -0.05) is 42.8 Å². The first kappa shape index (κ1) is 22.7. The average molecular weight is 493 g/mol. The molecule has 1 heterocycles. The van der Waals surface area contributed by atoms with Crippen LogP contribution in [-0.4, -0.2) is 30.1 Å². The van der Waals surface area contributed by atoms with Crippen molar-refractivity contribution in [2.24, 2.45) is 5.41 Å². The van der Waals surface area contributed by atoms with Crippen molar-refractivity contribution < 1.29 is 13.5 Å². The van der Waals surface area contributed by atoms with E-state index in [9.17, 15) is 8.78 Å². The number of anilines is 1. The SMILES string of the molecule is CC(CN1CCC2(C)c3c(Br)ccc(N)c3CC1C2(C)C)OCc1c(F)cccc1F. The van der Waals surface area contributed by atoms with Crippen LogP contribution in [-0.2, 0) is 23.2 Å². The molecule has 2 aromatic rings. The molecule has 2 aliphatic rings. The molecule has 3 nitrogen and oxygen atoms in total. The highest BCUT2D eigenvalue weighted by molar-refractivity contribution is 9.10. The van der Waals surface area contributed by atoms with E-state index in [0.29, 0.717) is 12.6 Å². The quantitative estimate of drug-likeness (QED) is 0.533. The number of hydrogen-bond acceptors (Lipinski definition) is 3. The maximum Gasteiger partial charge on any atom is 0.131 e. The van der Waals surface area contributed by atoms with E-state index < -0.39 is 11.6 Å². The number of fused-ring (bicyclic) bond motifs is 4. The van der Waals surface area contributed by atoms with E-state index in [-0.39, 0.29) is 29.1 Å². The number of nitrogen functional groups attached to an aromatic ring is 1. The van der Waals surface area contributed by atoms with E-state index >= 15 is 0 Å². The summed E-state index contributed by atoms with van der Waals surface area (Å²) in [5.41, 5.74) is 9.90. The van der Waals surface area contributed by atoms with Crippen LogP contribution in [0.15, 0.2) is 34.8 Å². The maximum atomic E-state index is 13.9. The van der Waals surface area contributed by atoms with E-state index in [4.69, 9.17) is 10.5 Å². The summed E-state index contributed by atoms with van der Waals surface area (Å²) in [6.45, 7) is 10.6. The summed E-state index contributed by atoms with van der Waals surface area (Å²) in [7, 11) is 0. The summed E-state index contributed by atoms with van der Waals surface area (Å²) in [6, 6.07) is 8.27. The molecule has 0 aromatic heterocycles. The number of hydrogen-bond donors (Lipinski definition) is 1. The molecular formula is C25H31BrF2N2O. The highest BCUT2D eigenvalue weighted by Crippen LogP contribution is 2.58. The van der Waals surface area contributed by atoms with Crippen molar-refractivity contribution in [3.63, 3.8) is 0 Å². The first-order valence-corrected chi connectivity index (χ1v) is 11.7. The third-order valence-electron chi connectivity index (χ3n) is 7.91. The van der Waals surface area contributed by atoms with Crippen LogP contribution in [0.25, 0.3) is 0 Å². The average Bonchev–Trinajstić information content (AvgIpc) is 2.68. The van der Waals surface area contributed by atoms with Gasteiger partial charge in [0.1, 0.15) is 11.6 Å². The number of piperidine rings is 1. The Labute approximate surface area is 192 Å². The Morgan fingerprint density at radius 1 is 1.19 bits per heavy atom. The Kier molecular flexibility index (Phi) is 5.95. The standard InChI is InChI=1S/C25H31BrF2N2O/c1-15(31-14-17-19(27)6-5-7-20(17)28)13-30-11-10-25(4)23-16(12-22(30)24(25,2)3)21(29)9-8-18(23)26/h5-9,15,22H,10-14,29H2,1-4H3. The van der Waals surface area contributed by atoms with Crippen molar-refractivity contribution in [2.75, 3.05) is 18.8 Å². The van der Waals surface area contributed by atoms with Crippen LogP contribution in [0.2, 0.25) is 0 Å². The zero-order valence-electron chi connectivity index (χ0n) is 18.6. The molecule has 2 N–H and O–H groups in total. The van der Waals surface area contributed by atoms with Crippen LogP contribution in [0.4, 0.5) is 14.5 Å². The molecule has 168 valence electrons. The molecule has 2 aromatic carbocycles. The number of nitrogens with zero attached hydrogens (tertiary/aromatic N) is 1. The highest BCUT2D eigenvalue weighted by Gasteiger charge is 2.56. The van der Waals surface area contributed by atoms with Gasteiger partial charge in [0.15, 0.2) is 0 Å². The number of benzene rings is 2. The Morgan fingerprint density at radius 3 is 2.55 bits per heavy atom. The van der Waals surface area contributed by atoms with E-state index in [1.165, 1.54) is 29.3 Å². The molecule has 0 saturated carbocycles. The molecule has 1 saturated heterocycles. The highest BCUT2D eigenvalue weighted by atomic mass is 79.9. The number of halogens is 3. The van der Waals surface area contributed by atoms with E-state index in [2.05, 4.69) is 47.7 Å². The maximum absolute atomic E-state index is 13.9. The number of nitrogens with two attached hydrogens (primary N) is 1. The normalized spacial score (nSPS) is 25.8. The molecule has 0 radical (unpaired) electrons. The first-order valence-electron chi connectivity index (χ1n) is 10.9. The van der Waals surface area contributed by atoms with E-state index in [0.717, 1.165) is 29.5 Å². The summed E-state index contributed by atoms with van der Waals surface area (Å²) in [5, 5.41) is 0. The van der Waals surface area contributed by atoms with Gasteiger partial charge in [0, 0.05) is 33.7 Å². The lowest BCUT2D eigenvalue weighted by Gasteiger charge is -2.61. The van der Waals surface area contributed by atoms with E-state index in [1.807, 2.05) is 13.0 Å². The van der Waals surface area contributed by atoms with Crippen molar-refractivity contribution in [3.05, 3.63) is 63.1 Å². The predicted octanol–water partition coefficient (Wildman–Crippen LogP) is 5.83. The van der Waals surface area contributed by atoms with Gasteiger partial charge in [-0.15, -0.1) is 0 Å². The fraction of sp³-hybridized carbons (Fsp3) is 0.520. The summed E-state index contributed by atoms with van der Waals surface area (Å²) < 4.78 is 34.9. The fourth-order valence-electron chi connectivity index (χ4n) is 5.64. The zero-order chi connectivity index (χ0) is 22.6. The summed E-state index contributed by atoms with van der Waals surface area (Å²) >= 11 is 3.79. The molecule has 1 aliphatic carbocycles. The smallest absolute Gasteiger partial charge is 0.131 e. The number of rotatable bonds is 5. The number of likely N-dealkylation sites (tertiary alicyclic amines) is 1. The summed E-state index contributed by atoms with van der Waals surface area (Å²) in [5.74, 6) is -1.13. The van der Waals surface area contributed by atoms with Gasteiger partial charge in [-0.3, -0.25) is 4.90 Å². The molecule has 6 heteroatoms. The minimum absolute atomic E-state index is 0.00915. The molecule has 3 unspecified atom stereocenters. The van der Waals surface area contributed by atoms with Gasteiger partial charge < -0.3 is 10.5 Å². The largest absolute Gasteiger partial charge is 0.398 e. The summed E-state index contributed by atoms with van der Waals surface area (Å²) in [4.78, 5) is 2.48. The van der Waals surface area contributed by atoms with Crippen LogP contribution in [0.5, 0.6) is 0 Å². The van der Waals surface area contributed by atoms with Gasteiger partial charge in [0.05, 0.1) is 12.7 Å². The molecule has 0 spiro atoms. The Bertz CT molecular complexity index is 975. The second-order valence-electron chi connectivity index (χ2n) is 9.83. The second kappa shape index (κ2) is 8.13. The minimum atomic E-state index is -0.563. The molecule has 1 aliphatic heterocycles. The van der Waals surface area contributed by atoms with Gasteiger partial charge in [-0.05, 0) is 67.1 Å². The lowest BCUT2D eigenvalue weighted by Crippen LogP contribution is -2.64. The van der Waals surface area contributed by atoms with Gasteiger partial charge in [0.25, 0.3) is 0 Å². The Morgan fingerprint density at radius 2 is 1.87 bits per heavy atom. The Balaban J connectivity index is 1.54. The van der Waals surface area contributed by atoms with Crippen molar-refractivity contribution >= 4 is 21.6 Å². The molecule has 3 atom stereocenters. The molecule has 0 amide bonds. The van der Waals surface area contributed by atoms with Gasteiger partial charge in [-0.2, -0.15) is 0 Å². The topological polar surface area (TPSA) is 38.5 Å². The minimum Gasteiger partial charge on any atom is -0.398 e. The molecule has 2 bridgehead atoms. The van der Waals surface area contributed by atoms with Crippen LogP contribution < -0.4 is 5.73 Å². The van der Waals surface area contributed by atoms with Crippen molar-refractivity contribution in [3.8, 4) is 0 Å².